The fraction of sp³-hybridized carbons (Fsp3) is 0.269. The van der Waals surface area contributed by atoms with Gasteiger partial charge in [0, 0.05) is 45.0 Å². The van der Waals surface area contributed by atoms with Gasteiger partial charge in [0.15, 0.2) is 0 Å². The third kappa shape index (κ3) is 3.78. The van der Waals surface area contributed by atoms with E-state index in [9.17, 15) is 4.79 Å². The van der Waals surface area contributed by atoms with Gasteiger partial charge in [0.25, 0.3) is 5.91 Å². The molecule has 162 valence electrons. The molecule has 3 heterocycles. The number of aromatic nitrogens is 3. The summed E-state index contributed by atoms with van der Waals surface area (Å²) in [7, 11) is 4.17. The molecule has 5 rings (SSSR count). The van der Waals surface area contributed by atoms with E-state index >= 15 is 0 Å². The summed E-state index contributed by atoms with van der Waals surface area (Å²) in [5.74, 6) is 1.13. The molecule has 0 spiro atoms. The molecule has 0 fully saturated rings. The molecule has 0 atom stereocenters. The normalized spacial score (nSPS) is 13.3. The first-order valence-corrected chi connectivity index (χ1v) is 11.0. The van der Waals surface area contributed by atoms with Gasteiger partial charge in [-0.1, -0.05) is 30.3 Å². The second kappa shape index (κ2) is 8.55. The van der Waals surface area contributed by atoms with Crippen LogP contribution in [0.4, 0.5) is 0 Å². The lowest BCUT2D eigenvalue weighted by molar-refractivity contribution is 0.0780. The Kier molecular flexibility index (Phi) is 5.45. The SMILES string of the molecule is CN(C)CCn1c(CCN2Cc3cccc(-c4ccncc4)c3C2=O)nc2ccccc21. The summed E-state index contributed by atoms with van der Waals surface area (Å²) in [5, 5.41) is 0. The van der Waals surface area contributed by atoms with E-state index in [2.05, 4.69) is 52.8 Å². The number of pyridine rings is 1. The van der Waals surface area contributed by atoms with Crippen molar-refractivity contribution in [2.75, 3.05) is 27.2 Å². The number of imidazole rings is 1. The molecule has 4 aromatic rings. The topological polar surface area (TPSA) is 54.3 Å². The predicted octanol–water partition coefficient (Wildman–Crippen LogP) is 3.86. The van der Waals surface area contributed by atoms with Crippen molar-refractivity contribution in [3.05, 3.63) is 83.9 Å². The van der Waals surface area contributed by atoms with Gasteiger partial charge in [-0.25, -0.2) is 4.98 Å². The Labute approximate surface area is 188 Å². The second-order valence-corrected chi connectivity index (χ2v) is 8.52. The van der Waals surface area contributed by atoms with Crippen LogP contribution in [0.5, 0.6) is 0 Å². The van der Waals surface area contributed by atoms with Crippen LogP contribution in [-0.4, -0.2) is 57.4 Å². The molecule has 2 aromatic carbocycles. The Hall–Kier alpha value is -3.51. The minimum Gasteiger partial charge on any atom is -0.334 e. The number of hydrogen-bond acceptors (Lipinski definition) is 4. The van der Waals surface area contributed by atoms with Crippen LogP contribution in [-0.2, 0) is 19.5 Å². The summed E-state index contributed by atoms with van der Waals surface area (Å²) in [6, 6.07) is 18.3. The molecule has 0 saturated carbocycles. The number of likely N-dealkylation sites (N-methyl/N-ethyl adjacent to an activating group) is 1. The largest absolute Gasteiger partial charge is 0.334 e. The Morgan fingerprint density at radius 2 is 1.78 bits per heavy atom. The molecule has 1 aliphatic rings. The number of benzene rings is 2. The molecule has 1 amide bonds. The van der Waals surface area contributed by atoms with Crippen LogP contribution in [0.2, 0.25) is 0 Å². The van der Waals surface area contributed by atoms with Gasteiger partial charge in [0.05, 0.1) is 16.6 Å². The summed E-state index contributed by atoms with van der Waals surface area (Å²) in [6.45, 7) is 3.11. The average molecular weight is 426 g/mol. The highest BCUT2D eigenvalue weighted by Gasteiger charge is 2.30. The Balaban J connectivity index is 1.39. The Bertz CT molecular complexity index is 1260. The molecule has 1 aliphatic heterocycles. The summed E-state index contributed by atoms with van der Waals surface area (Å²) in [6.07, 6.45) is 4.26. The summed E-state index contributed by atoms with van der Waals surface area (Å²) < 4.78 is 2.30. The highest BCUT2D eigenvalue weighted by atomic mass is 16.2. The number of nitrogens with zero attached hydrogens (tertiary/aromatic N) is 5. The summed E-state index contributed by atoms with van der Waals surface area (Å²) in [4.78, 5) is 26.5. The third-order valence-electron chi connectivity index (χ3n) is 6.11. The van der Waals surface area contributed by atoms with Crippen molar-refractivity contribution in [1.82, 2.24) is 24.3 Å². The first-order chi connectivity index (χ1) is 15.6. The predicted molar refractivity (Wildman–Crippen MR) is 126 cm³/mol. The van der Waals surface area contributed by atoms with E-state index in [0.29, 0.717) is 13.1 Å². The molecule has 6 heteroatoms. The van der Waals surface area contributed by atoms with Crippen LogP contribution in [0.1, 0.15) is 21.7 Å². The van der Waals surface area contributed by atoms with Gasteiger partial charge in [-0.2, -0.15) is 0 Å². The van der Waals surface area contributed by atoms with Crippen molar-refractivity contribution < 1.29 is 4.79 Å². The van der Waals surface area contributed by atoms with E-state index in [4.69, 9.17) is 4.98 Å². The van der Waals surface area contributed by atoms with Crippen LogP contribution in [0, 0.1) is 0 Å². The molecular weight excluding hydrogens is 398 g/mol. The molecule has 0 radical (unpaired) electrons. The monoisotopic (exact) mass is 425 g/mol. The zero-order valence-electron chi connectivity index (χ0n) is 18.5. The summed E-state index contributed by atoms with van der Waals surface area (Å²) >= 11 is 0. The second-order valence-electron chi connectivity index (χ2n) is 8.52. The van der Waals surface area contributed by atoms with Crippen molar-refractivity contribution in [3.63, 3.8) is 0 Å². The van der Waals surface area contributed by atoms with Gasteiger partial charge in [-0.15, -0.1) is 0 Å². The zero-order valence-corrected chi connectivity index (χ0v) is 18.5. The minimum absolute atomic E-state index is 0.100. The lowest BCUT2D eigenvalue weighted by atomic mass is 9.97. The fourth-order valence-electron chi connectivity index (χ4n) is 4.47. The average Bonchev–Trinajstić information content (AvgIpc) is 3.33. The highest BCUT2D eigenvalue weighted by Crippen LogP contribution is 2.32. The molecule has 6 nitrogen and oxygen atoms in total. The van der Waals surface area contributed by atoms with E-state index in [1.165, 1.54) is 0 Å². The first-order valence-electron chi connectivity index (χ1n) is 11.0. The third-order valence-corrected chi connectivity index (χ3v) is 6.11. The summed E-state index contributed by atoms with van der Waals surface area (Å²) in [5.41, 5.74) is 6.08. The maximum Gasteiger partial charge on any atom is 0.255 e. The van der Waals surface area contributed by atoms with Crippen molar-refractivity contribution in [2.45, 2.75) is 19.5 Å². The van der Waals surface area contributed by atoms with Crippen molar-refractivity contribution in [2.24, 2.45) is 0 Å². The van der Waals surface area contributed by atoms with Gasteiger partial charge in [0.1, 0.15) is 5.82 Å². The van der Waals surface area contributed by atoms with Crippen LogP contribution in [0.25, 0.3) is 22.2 Å². The van der Waals surface area contributed by atoms with Crippen LogP contribution in [0.15, 0.2) is 67.0 Å². The molecular formula is C26H27N5O. The number of carbonyl (C=O) groups excluding carboxylic acids is 1. The van der Waals surface area contributed by atoms with Crippen LogP contribution < -0.4 is 0 Å². The number of para-hydroxylation sites is 2. The Morgan fingerprint density at radius 3 is 2.59 bits per heavy atom. The lowest BCUT2D eigenvalue weighted by Crippen LogP contribution is -2.27. The van der Waals surface area contributed by atoms with E-state index in [-0.39, 0.29) is 5.91 Å². The number of rotatable bonds is 7. The van der Waals surface area contributed by atoms with E-state index < -0.39 is 0 Å². The van der Waals surface area contributed by atoms with E-state index in [1.54, 1.807) is 12.4 Å². The van der Waals surface area contributed by atoms with E-state index in [1.807, 2.05) is 35.2 Å². The number of amides is 1. The molecule has 0 unspecified atom stereocenters. The van der Waals surface area contributed by atoms with Crippen molar-refractivity contribution >= 4 is 16.9 Å². The maximum absolute atomic E-state index is 13.4. The van der Waals surface area contributed by atoms with Gasteiger partial charge >= 0.3 is 0 Å². The molecule has 0 N–H and O–H groups in total. The van der Waals surface area contributed by atoms with Gasteiger partial charge in [-0.05, 0) is 55.1 Å². The quantitative estimate of drug-likeness (QED) is 0.451. The van der Waals surface area contributed by atoms with Crippen LogP contribution in [0.3, 0.4) is 0 Å². The molecule has 0 bridgehead atoms. The molecule has 0 aliphatic carbocycles. The fourth-order valence-corrected chi connectivity index (χ4v) is 4.47. The smallest absolute Gasteiger partial charge is 0.255 e. The van der Waals surface area contributed by atoms with Crippen molar-refractivity contribution in [3.8, 4) is 11.1 Å². The van der Waals surface area contributed by atoms with Gasteiger partial charge in [0.2, 0.25) is 0 Å². The van der Waals surface area contributed by atoms with Crippen LogP contribution >= 0.6 is 0 Å². The molecule has 0 saturated heterocycles. The highest BCUT2D eigenvalue weighted by molar-refractivity contribution is 6.04. The van der Waals surface area contributed by atoms with Crippen molar-refractivity contribution in [1.29, 1.82) is 0 Å². The number of hydrogen-bond donors (Lipinski definition) is 0. The molecule has 32 heavy (non-hydrogen) atoms. The lowest BCUT2D eigenvalue weighted by Gasteiger charge is -2.17. The zero-order chi connectivity index (χ0) is 22.1. The minimum atomic E-state index is 0.100. The number of fused-ring (bicyclic) bond motifs is 2. The molecule has 2 aromatic heterocycles. The standard InChI is InChI=1S/C26H27N5O/c1-29(2)16-17-31-23-9-4-3-8-22(23)28-24(31)12-15-30-18-20-6-5-7-21(25(20)26(30)32)19-10-13-27-14-11-19/h3-11,13-14H,12,15-18H2,1-2H3. The Morgan fingerprint density at radius 1 is 0.969 bits per heavy atom. The number of carbonyl (C=O) groups is 1. The maximum atomic E-state index is 13.4. The van der Waals surface area contributed by atoms with Gasteiger partial charge < -0.3 is 14.4 Å². The first kappa shape index (κ1) is 20.4. The van der Waals surface area contributed by atoms with Gasteiger partial charge in [-0.3, -0.25) is 9.78 Å². The van der Waals surface area contributed by atoms with E-state index in [0.717, 1.165) is 58.6 Å².